The van der Waals surface area contributed by atoms with Crippen LogP contribution in [0.2, 0.25) is 0 Å². The fourth-order valence-electron chi connectivity index (χ4n) is 0.114. The molecule has 0 amide bonds. The van der Waals surface area contributed by atoms with Gasteiger partial charge in [-0.3, -0.25) is 5.84 Å². The average Bonchev–Trinajstić information content (AvgIpc) is 2.10. The second kappa shape index (κ2) is 16.1. The Labute approximate surface area is 70.8 Å². The summed E-state index contributed by atoms with van der Waals surface area (Å²) in [7, 11) is 0. The third-order valence-electron chi connectivity index (χ3n) is 0.808. The van der Waals surface area contributed by atoms with Crippen LogP contribution in [0.5, 0.6) is 0 Å². The van der Waals surface area contributed by atoms with Gasteiger partial charge in [-0.15, -0.1) is 0 Å². The fourth-order valence-corrected chi connectivity index (χ4v) is 0.114. The first-order valence-electron chi connectivity index (χ1n) is 4.08. The Morgan fingerprint density at radius 3 is 1.27 bits per heavy atom. The molecule has 5 N–H and O–H groups in total. The molecule has 0 atom stereocenters. The number of rotatable bonds is 1. The Morgan fingerprint density at radius 1 is 1.00 bits per heavy atom. The van der Waals surface area contributed by atoms with Gasteiger partial charge in [0.25, 0.3) is 0 Å². The maximum Gasteiger partial charge on any atom is 0.0412 e. The highest BCUT2D eigenvalue weighted by molar-refractivity contribution is 5.01. The Kier molecular flexibility index (Phi) is 24.5. The van der Waals surface area contributed by atoms with Crippen molar-refractivity contribution >= 4 is 0 Å². The summed E-state index contributed by atoms with van der Waals surface area (Å²) in [6.07, 6.45) is 0. The van der Waals surface area contributed by atoms with Crippen LogP contribution in [0.4, 0.5) is 0 Å². The van der Waals surface area contributed by atoms with E-state index in [1.54, 1.807) is 6.92 Å². The summed E-state index contributed by atoms with van der Waals surface area (Å²) in [6.45, 7) is 11.6. The molecular formula is C8H23N3. The Balaban J connectivity index is -0.000000138. The molecule has 11 heavy (non-hydrogen) atoms. The van der Waals surface area contributed by atoms with Gasteiger partial charge in [-0.1, -0.05) is 27.7 Å². The molecule has 0 spiro atoms. The van der Waals surface area contributed by atoms with Crippen molar-refractivity contribution in [2.75, 3.05) is 0 Å². The lowest BCUT2D eigenvalue weighted by Crippen LogP contribution is -2.21. The lowest BCUT2D eigenvalue weighted by atomic mass is 10.4. The first-order valence-corrected chi connectivity index (χ1v) is 4.08. The van der Waals surface area contributed by atoms with Gasteiger partial charge in [0.05, 0.1) is 0 Å². The van der Waals surface area contributed by atoms with Crippen LogP contribution in [0.25, 0.3) is 0 Å². The summed E-state index contributed by atoms with van der Waals surface area (Å²) in [4.78, 5) is 0. The number of allylic oxidation sites excluding steroid dienone is 2. The van der Waals surface area contributed by atoms with E-state index >= 15 is 0 Å². The molecular weight excluding hydrogens is 138 g/mol. The van der Waals surface area contributed by atoms with Gasteiger partial charge in [0.1, 0.15) is 0 Å². The van der Waals surface area contributed by atoms with Crippen molar-refractivity contribution < 1.29 is 0 Å². The first kappa shape index (κ1) is 16.7. The van der Waals surface area contributed by atoms with Gasteiger partial charge in [0.15, 0.2) is 0 Å². The van der Waals surface area contributed by atoms with E-state index in [2.05, 4.69) is 5.43 Å². The van der Waals surface area contributed by atoms with E-state index in [0.29, 0.717) is 0 Å². The Bertz CT molecular complexity index is 83.3. The van der Waals surface area contributed by atoms with Crippen LogP contribution in [0.3, 0.4) is 0 Å². The van der Waals surface area contributed by atoms with Gasteiger partial charge in [0, 0.05) is 11.4 Å². The second-order valence-electron chi connectivity index (χ2n) is 1.45. The predicted octanol–water partition coefficient (Wildman–Crippen LogP) is 1.71. The molecule has 0 rings (SSSR count). The summed E-state index contributed by atoms with van der Waals surface area (Å²) in [5.74, 6) is 4.99. The third kappa shape index (κ3) is 17.6. The van der Waals surface area contributed by atoms with Gasteiger partial charge in [-0.25, -0.2) is 0 Å². The SMILES string of the molecule is C/C(N)=C(\C)NN.CC.CC. The smallest absolute Gasteiger partial charge is 0.0412 e. The van der Waals surface area contributed by atoms with Crippen LogP contribution >= 0.6 is 0 Å². The van der Waals surface area contributed by atoms with E-state index in [-0.39, 0.29) is 0 Å². The molecule has 0 aromatic heterocycles. The Morgan fingerprint density at radius 2 is 1.27 bits per heavy atom. The van der Waals surface area contributed by atoms with Crippen LogP contribution in [0.15, 0.2) is 11.4 Å². The molecule has 0 aromatic rings. The van der Waals surface area contributed by atoms with Crippen molar-refractivity contribution in [2.45, 2.75) is 41.5 Å². The summed E-state index contributed by atoms with van der Waals surface area (Å²) >= 11 is 0. The molecule has 0 aliphatic rings. The van der Waals surface area contributed by atoms with Crippen molar-refractivity contribution in [1.82, 2.24) is 5.43 Å². The summed E-state index contributed by atoms with van der Waals surface area (Å²) in [6, 6.07) is 0. The largest absolute Gasteiger partial charge is 0.401 e. The van der Waals surface area contributed by atoms with E-state index in [1.165, 1.54) is 0 Å². The second-order valence-corrected chi connectivity index (χ2v) is 1.45. The topological polar surface area (TPSA) is 64.1 Å². The zero-order chi connectivity index (χ0) is 9.86. The van der Waals surface area contributed by atoms with Gasteiger partial charge in [-0.2, -0.15) is 0 Å². The lowest BCUT2D eigenvalue weighted by Gasteiger charge is -1.98. The zero-order valence-corrected chi connectivity index (χ0v) is 8.65. The number of nitrogens with one attached hydrogen (secondary N) is 1. The number of hydrazine groups is 1. The standard InChI is InChI=1S/C4H11N3.2C2H6/c1-3(5)4(2)7-6;2*1-2/h7H,5-6H2,1-2H3;2*1-2H3/b4-3-;;. The quantitative estimate of drug-likeness (QED) is 0.405. The van der Waals surface area contributed by atoms with Crippen LogP contribution in [-0.2, 0) is 0 Å². The molecule has 0 aromatic carbocycles. The molecule has 0 fully saturated rings. The maximum absolute atomic E-state index is 5.28. The molecule has 0 saturated carbocycles. The van der Waals surface area contributed by atoms with E-state index in [4.69, 9.17) is 11.6 Å². The summed E-state index contributed by atoms with van der Waals surface area (Å²) in [5.41, 5.74) is 9.25. The van der Waals surface area contributed by atoms with Gasteiger partial charge in [-0.05, 0) is 13.8 Å². The van der Waals surface area contributed by atoms with E-state index in [9.17, 15) is 0 Å². The number of nitrogens with two attached hydrogens (primary N) is 2. The highest BCUT2D eigenvalue weighted by Crippen LogP contribution is 1.85. The van der Waals surface area contributed by atoms with Gasteiger partial charge in [0.2, 0.25) is 0 Å². The maximum atomic E-state index is 5.28. The number of hydrogen-bond donors (Lipinski definition) is 3. The molecule has 0 radical (unpaired) electrons. The van der Waals surface area contributed by atoms with Crippen LogP contribution in [-0.4, -0.2) is 0 Å². The Hall–Kier alpha value is -0.700. The third-order valence-corrected chi connectivity index (χ3v) is 0.808. The van der Waals surface area contributed by atoms with Crippen molar-refractivity contribution in [2.24, 2.45) is 11.6 Å². The first-order chi connectivity index (χ1) is 5.18. The molecule has 70 valence electrons. The molecule has 3 heteroatoms. The minimum absolute atomic E-state index is 0.725. The summed E-state index contributed by atoms with van der Waals surface area (Å²) < 4.78 is 0. The zero-order valence-electron chi connectivity index (χ0n) is 8.65. The molecule has 0 heterocycles. The molecule has 0 unspecified atom stereocenters. The van der Waals surface area contributed by atoms with Gasteiger partial charge >= 0.3 is 0 Å². The van der Waals surface area contributed by atoms with E-state index < -0.39 is 0 Å². The van der Waals surface area contributed by atoms with Crippen LogP contribution in [0, 0.1) is 0 Å². The van der Waals surface area contributed by atoms with Crippen molar-refractivity contribution in [1.29, 1.82) is 0 Å². The van der Waals surface area contributed by atoms with Gasteiger partial charge < -0.3 is 11.2 Å². The van der Waals surface area contributed by atoms with Crippen molar-refractivity contribution in [3.8, 4) is 0 Å². The highest BCUT2D eigenvalue weighted by atomic mass is 15.2. The minimum atomic E-state index is 0.725. The van der Waals surface area contributed by atoms with Crippen molar-refractivity contribution in [3.63, 3.8) is 0 Å². The highest BCUT2D eigenvalue weighted by Gasteiger charge is 1.82. The average molecular weight is 161 g/mol. The number of hydrogen-bond acceptors (Lipinski definition) is 3. The molecule has 0 aliphatic carbocycles. The normalized spacial score (nSPS) is 9.36. The molecule has 3 nitrogen and oxygen atoms in total. The molecule has 0 bridgehead atoms. The lowest BCUT2D eigenvalue weighted by molar-refractivity contribution is 0.861. The minimum Gasteiger partial charge on any atom is -0.401 e. The van der Waals surface area contributed by atoms with Crippen LogP contribution < -0.4 is 17.0 Å². The van der Waals surface area contributed by atoms with E-state index in [1.807, 2.05) is 34.6 Å². The summed E-state index contributed by atoms with van der Waals surface area (Å²) in [5, 5.41) is 0. The monoisotopic (exact) mass is 161 g/mol. The molecule has 0 saturated heterocycles. The predicted molar refractivity (Wildman–Crippen MR) is 52.6 cm³/mol. The molecule has 0 aliphatic heterocycles. The van der Waals surface area contributed by atoms with Crippen molar-refractivity contribution in [3.05, 3.63) is 11.4 Å². The van der Waals surface area contributed by atoms with Crippen LogP contribution in [0.1, 0.15) is 41.5 Å². The fraction of sp³-hybridized carbons (Fsp3) is 0.750. The van der Waals surface area contributed by atoms with E-state index in [0.717, 1.165) is 11.4 Å².